The summed E-state index contributed by atoms with van der Waals surface area (Å²) in [7, 11) is 1.88. The van der Waals surface area contributed by atoms with Gasteiger partial charge in [-0.2, -0.15) is 5.10 Å². The highest BCUT2D eigenvalue weighted by atomic mass is 16.5. The van der Waals surface area contributed by atoms with Crippen LogP contribution in [0.3, 0.4) is 0 Å². The Bertz CT molecular complexity index is 332. The number of aryl methyl sites for hydroxylation is 1. The molecule has 2 N–H and O–H groups in total. The average molecular weight is 195 g/mol. The Hall–Kier alpha value is -1.03. The van der Waals surface area contributed by atoms with Crippen molar-refractivity contribution in [1.82, 2.24) is 9.78 Å². The van der Waals surface area contributed by atoms with E-state index in [-0.39, 0.29) is 17.6 Å². The predicted octanol–water partition coefficient (Wildman–Crippen LogP) is 0.925. The van der Waals surface area contributed by atoms with Crippen molar-refractivity contribution in [3.05, 3.63) is 12.4 Å². The van der Waals surface area contributed by atoms with Crippen molar-refractivity contribution >= 4 is 0 Å². The highest BCUT2D eigenvalue weighted by Crippen LogP contribution is 2.41. The third-order valence-electron chi connectivity index (χ3n) is 3.21. The molecule has 78 valence electrons. The van der Waals surface area contributed by atoms with Crippen LogP contribution in [0.2, 0.25) is 0 Å². The quantitative estimate of drug-likeness (QED) is 0.763. The van der Waals surface area contributed by atoms with Crippen molar-refractivity contribution in [1.29, 1.82) is 0 Å². The van der Waals surface area contributed by atoms with Gasteiger partial charge in [0.2, 0.25) is 0 Å². The van der Waals surface area contributed by atoms with E-state index in [0.717, 1.165) is 12.2 Å². The number of aromatic nitrogens is 2. The summed E-state index contributed by atoms with van der Waals surface area (Å²) < 4.78 is 7.53. The normalized spacial score (nSPS) is 29.7. The summed E-state index contributed by atoms with van der Waals surface area (Å²) >= 11 is 0. The lowest BCUT2D eigenvalue weighted by Gasteiger charge is -2.49. The lowest BCUT2D eigenvalue weighted by Crippen LogP contribution is -2.60. The summed E-state index contributed by atoms with van der Waals surface area (Å²) in [5.41, 5.74) is 5.98. The van der Waals surface area contributed by atoms with Crippen molar-refractivity contribution in [3.8, 4) is 5.75 Å². The van der Waals surface area contributed by atoms with E-state index in [4.69, 9.17) is 10.5 Å². The smallest absolute Gasteiger partial charge is 0.157 e. The van der Waals surface area contributed by atoms with E-state index in [1.54, 1.807) is 10.9 Å². The van der Waals surface area contributed by atoms with Gasteiger partial charge in [-0.25, -0.2) is 0 Å². The zero-order valence-electron chi connectivity index (χ0n) is 8.90. The van der Waals surface area contributed by atoms with E-state index in [2.05, 4.69) is 18.9 Å². The molecule has 2 rings (SSSR count). The van der Waals surface area contributed by atoms with Crippen molar-refractivity contribution in [2.75, 3.05) is 0 Å². The summed E-state index contributed by atoms with van der Waals surface area (Å²) in [6, 6.07) is 0.254. The van der Waals surface area contributed by atoms with E-state index in [9.17, 15) is 0 Å². The van der Waals surface area contributed by atoms with Crippen LogP contribution in [0.4, 0.5) is 0 Å². The molecular weight excluding hydrogens is 178 g/mol. The second-order valence-electron chi connectivity index (χ2n) is 4.62. The van der Waals surface area contributed by atoms with E-state index in [1.807, 2.05) is 13.2 Å². The summed E-state index contributed by atoms with van der Waals surface area (Å²) in [6.07, 6.45) is 4.77. The maximum absolute atomic E-state index is 5.90. The predicted molar refractivity (Wildman–Crippen MR) is 54.0 cm³/mol. The molecule has 1 aromatic heterocycles. The molecule has 0 aromatic carbocycles. The van der Waals surface area contributed by atoms with Gasteiger partial charge in [0.05, 0.1) is 12.4 Å². The van der Waals surface area contributed by atoms with Crippen molar-refractivity contribution < 1.29 is 4.74 Å². The molecule has 2 unspecified atom stereocenters. The minimum Gasteiger partial charge on any atom is -0.486 e. The zero-order chi connectivity index (χ0) is 10.3. The van der Waals surface area contributed by atoms with Crippen molar-refractivity contribution in [2.45, 2.75) is 32.4 Å². The lowest BCUT2D eigenvalue weighted by molar-refractivity contribution is -0.0400. The molecule has 1 heterocycles. The third-order valence-corrected chi connectivity index (χ3v) is 3.21. The molecule has 2 atom stereocenters. The third kappa shape index (κ3) is 1.39. The van der Waals surface area contributed by atoms with Gasteiger partial charge in [-0.05, 0) is 0 Å². The molecule has 1 aliphatic carbocycles. The van der Waals surface area contributed by atoms with Crippen LogP contribution in [-0.2, 0) is 7.05 Å². The Kier molecular flexibility index (Phi) is 2.03. The molecule has 0 spiro atoms. The van der Waals surface area contributed by atoms with Gasteiger partial charge >= 0.3 is 0 Å². The first-order valence-corrected chi connectivity index (χ1v) is 4.91. The van der Waals surface area contributed by atoms with Crippen molar-refractivity contribution in [2.24, 2.45) is 18.2 Å². The first-order valence-electron chi connectivity index (χ1n) is 4.91. The Balaban J connectivity index is 2.00. The summed E-state index contributed by atoms with van der Waals surface area (Å²) in [6.45, 7) is 4.28. The van der Waals surface area contributed by atoms with E-state index in [0.29, 0.717) is 0 Å². The van der Waals surface area contributed by atoms with Crippen LogP contribution in [0.1, 0.15) is 20.3 Å². The van der Waals surface area contributed by atoms with Crippen LogP contribution >= 0.6 is 0 Å². The molecule has 1 aliphatic rings. The van der Waals surface area contributed by atoms with Crippen LogP contribution in [-0.4, -0.2) is 21.9 Å². The monoisotopic (exact) mass is 195 g/mol. The van der Waals surface area contributed by atoms with Gasteiger partial charge in [0.15, 0.2) is 5.75 Å². The van der Waals surface area contributed by atoms with Crippen molar-refractivity contribution in [3.63, 3.8) is 0 Å². The van der Waals surface area contributed by atoms with E-state index >= 15 is 0 Å². The molecule has 0 bridgehead atoms. The molecular formula is C10H17N3O. The maximum Gasteiger partial charge on any atom is 0.157 e. The SMILES string of the molecule is Cn1cc(OC2CC(N)C2(C)C)cn1. The fraction of sp³-hybridized carbons (Fsp3) is 0.700. The second-order valence-corrected chi connectivity index (χ2v) is 4.62. The molecule has 4 heteroatoms. The topological polar surface area (TPSA) is 53.1 Å². The highest BCUT2D eigenvalue weighted by Gasteiger charge is 2.47. The van der Waals surface area contributed by atoms with Crippen LogP contribution < -0.4 is 10.5 Å². The highest BCUT2D eigenvalue weighted by molar-refractivity contribution is 5.15. The van der Waals surface area contributed by atoms with Crippen LogP contribution in [0, 0.1) is 5.41 Å². The van der Waals surface area contributed by atoms with Gasteiger partial charge < -0.3 is 10.5 Å². The standard InChI is InChI=1S/C10H17N3O/c1-10(2)8(11)4-9(10)14-7-5-12-13(3)6-7/h5-6,8-9H,4,11H2,1-3H3. The molecule has 0 radical (unpaired) electrons. The number of ether oxygens (including phenoxy) is 1. The Morgan fingerprint density at radius 1 is 1.64 bits per heavy atom. The van der Waals surface area contributed by atoms with Gasteiger partial charge in [0.25, 0.3) is 0 Å². The zero-order valence-corrected chi connectivity index (χ0v) is 8.90. The van der Waals surface area contributed by atoms with Gasteiger partial charge in [-0.3, -0.25) is 4.68 Å². The first-order chi connectivity index (χ1) is 6.50. The number of nitrogens with two attached hydrogens (primary N) is 1. The van der Waals surface area contributed by atoms with E-state index in [1.165, 1.54) is 0 Å². The molecule has 0 saturated heterocycles. The maximum atomic E-state index is 5.90. The Morgan fingerprint density at radius 3 is 2.79 bits per heavy atom. The minimum atomic E-state index is 0.0792. The molecule has 1 fully saturated rings. The first kappa shape index (κ1) is 9.52. The van der Waals surface area contributed by atoms with E-state index < -0.39 is 0 Å². The Labute approximate surface area is 84.0 Å². The summed E-state index contributed by atoms with van der Waals surface area (Å²) in [4.78, 5) is 0. The van der Waals surface area contributed by atoms with Gasteiger partial charge in [0, 0.05) is 24.9 Å². The minimum absolute atomic E-state index is 0.0792. The van der Waals surface area contributed by atoms with Crippen LogP contribution in [0.25, 0.3) is 0 Å². The summed E-state index contributed by atoms with van der Waals surface area (Å²) in [5, 5.41) is 4.06. The van der Waals surface area contributed by atoms with Crippen LogP contribution in [0.5, 0.6) is 5.75 Å². The fourth-order valence-electron chi connectivity index (χ4n) is 1.74. The summed E-state index contributed by atoms with van der Waals surface area (Å²) in [5.74, 6) is 0.831. The largest absolute Gasteiger partial charge is 0.486 e. The molecule has 1 aromatic rings. The van der Waals surface area contributed by atoms with Gasteiger partial charge in [-0.15, -0.1) is 0 Å². The second kappa shape index (κ2) is 2.98. The Morgan fingerprint density at radius 2 is 2.36 bits per heavy atom. The molecule has 1 saturated carbocycles. The number of hydrogen-bond acceptors (Lipinski definition) is 3. The van der Waals surface area contributed by atoms with Crippen LogP contribution in [0.15, 0.2) is 12.4 Å². The number of hydrogen-bond donors (Lipinski definition) is 1. The molecule has 0 amide bonds. The average Bonchev–Trinajstić information content (AvgIpc) is 2.51. The molecule has 14 heavy (non-hydrogen) atoms. The van der Waals surface area contributed by atoms with Gasteiger partial charge in [0.1, 0.15) is 6.10 Å². The number of rotatable bonds is 2. The number of nitrogens with zero attached hydrogens (tertiary/aromatic N) is 2. The molecule has 4 nitrogen and oxygen atoms in total. The van der Waals surface area contributed by atoms with Gasteiger partial charge in [-0.1, -0.05) is 13.8 Å². The lowest BCUT2D eigenvalue weighted by atomic mass is 9.65. The fourth-order valence-corrected chi connectivity index (χ4v) is 1.74. The molecule has 0 aliphatic heterocycles.